The third kappa shape index (κ3) is 3.64. The van der Waals surface area contributed by atoms with Crippen molar-refractivity contribution in [2.24, 2.45) is 0 Å². The Hall–Kier alpha value is -1.41. The number of hydrogen-bond donors (Lipinski definition) is 1. The van der Waals surface area contributed by atoms with Crippen molar-refractivity contribution in [1.82, 2.24) is 15.1 Å². The van der Waals surface area contributed by atoms with Gasteiger partial charge in [0.2, 0.25) is 0 Å². The molecular weight excluding hydrogens is 312 g/mol. The first-order valence-electron chi connectivity index (χ1n) is 8.87. The fraction of sp³-hybridized carbons (Fsp3) is 0.938. The fourth-order valence-electron chi connectivity index (χ4n) is 4.16. The smallest absolute Gasteiger partial charge is 0.410 e. The molecule has 0 spiro atoms. The van der Waals surface area contributed by atoms with Crippen molar-refractivity contribution < 1.29 is 14.5 Å². The highest BCUT2D eigenvalue weighted by Crippen LogP contribution is 2.33. The second-order valence-corrected chi connectivity index (χ2v) is 8.17. The zero-order valence-corrected chi connectivity index (χ0v) is 14.7. The molecule has 2 bridgehead atoms. The summed E-state index contributed by atoms with van der Waals surface area (Å²) in [4.78, 5) is 27.4. The molecule has 1 amide bonds. The van der Waals surface area contributed by atoms with Gasteiger partial charge < -0.3 is 4.74 Å². The summed E-state index contributed by atoms with van der Waals surface area (Å²) in [5.74, 6) is 0. The molecule has 3 rings (SSSR count). The van der Waals surface area contributed by atoms with Crippen LogP contribution in [0.4, 0.5) is 4.79 Å². The van der Waals surface area contributed by atoms with Crippen molar-refractivity contribution >= 4 is 6.09 Å². The van der Waals surface area contributed by atoms with Gasteiger partial charge in [0.1, 0.15) is 5.60 Å². The molecule has 0 saturated carbocycles. The van der Waals surface area contributed by atoms with Crippen molar-refractivity contribution in [2.45, 2.75) is 76.3 Å². The van der Waals surface area contributed by atoms with E-state index in [0.717, 1.165) is 32.4 Å². The van der Waals surface area contributed by atoms with Crippen LogP contribution in [0.3, 0.4) is 0 Å². The average Bonchev–Trinajstić information content (AvgIpc) is 2.76. The van der Waals surface area contributed by atoms with E-state index in [4.69, 9.17) is 4.74 Å². The van der Waals surface area contributed by atoms with Crippen molar-refractivity contribution in [1.29, 1.82) is 0 Å². The van der Waals surface area contributed by atoms with Gasteiger partial charge in [-0.15, -0.1) is 0 Å². The number of piperidine rings is 1. The number of nitro groups is 1. The molecule has 8 heteroatoms. The van der Waals surface area contributed by atoms with E-state index in [-0.39, 0.29) is 23.1 Å². The maximum absolute atomic E-state index is 12.5. The SMILES string of the molecule is CC(C)(C)OC(=O)N1C2CCC1CN(C1CCC([N+](=O)[O-])NC1)C2. The predicted octanol–water partition coefficient (Wildman–Crippen LogP) is 1.42. The molecule has 4 unspecified atom stereocenters. The molecule has 1 N–H and O–H groups in total. The largest absolute Gasteiger partial charge is 0.444 e. The van der Waals surface area contributed by atoms with Crippen LogP contribution in [-0.2, 0) is 4.74 Å². The van der Waals surface area contributed by atoms with Crippen molar-refractivity contribution in [2.75, 3.05) is 19.6 Å². The van der Waals surface area contributed by atoms with E-state index in [1.54, 1.807) is 0 Å². The number of nitrogens with zero attached hydrogens (tertiary/aromatic N) is 3. The van der Waals surface area contributed by atoms with Gasteiger partial charge in [-0.3, -0.25) is 25.2 Å². The molecule has 0 aromatic rings. The summed E-state index contributed by atoms with van der Waals surface area (Å²) in [7, 11) is 0. The van der Waals surface area contributed by atoms with E-state index < -0.39 is 11.8 Å². The second kappa shape index (κ2) is 6.48. The summed E-state index contributed by atoms with van der Waals surface area (Å²) >= 11 is 0. The Bertz CT molecular complexity index is 485. The molecule has 0 radical (unpaired) electrons. The third-order valence-electron chi connectivity index (χ3n) is 5.25. The van der Waals surface area contributed by atoms with Gasteiger partial charge in [0.25, 0.3) is 6.17 Å². The highest BCUT2D eigenvalue weighted by atomic mass is 16.6. The van der Waals surface area contributed by atoms with Gasteiger partial charge in [-0.25, -0.2) is 4.79 Å². The molecule has 136 valence electrons. The summed E-state index contributed by atoms with van der Waals surface area (Å²) < 4.78 is 5.56. The zero-order valence-electron chi connectivity index (χ0n) is 14.7. The highest BCUT2D eigenvalue weighted by molar-refractivity contribution is 5.69. The first kappa shape index (κ1) is 17.4. The van der Waals surface area contributed by atoms with E-state index in [0.29, 0.717) is 19.0 Å². The van der Waals surface area contributed by atoms with Crippen LogP contribution in [0.15, 0.2) is 0 Å². The van der Waals surface area contributed by atoms with E-state index in [9.17, 15) is 14.9 Å². The number of carbonyl (C=O) groups is 1. The van der Waals surface area contributed by atoms with Gasteiger partial charge in [0.05, 0.1) is 0 Å². The van der Waals surface area contributed by atoms with E-state index in [1.807, 2.05) is 25.7 Å². The normalized spacial score (nSPS) is 34.2. The molecule has 3 aliphatic rings. The maximum atomic E-state index is 12.5. The minimum atomic E-state index is -0.610. The Labute approximate surface area is 142 Å². The van der Waals surface area contributed by atoms with Crippen LogP contribution in [0.5, 0.6) is 0 Å². The number of nitrogens with one attached hydrogen (secondary N) is 1. The van der Waals surface area contributed by atoms with Gasteiger partial charge in [0, 0.05) is 49.1 Å². The Morgan fingerprint density at radius 2 is 1.71 bits per heavy atom. The lowest BCUT2D eigenvalue weighted by Gasteiger charge is -2.45. The summed E-state index contributed by atoms with van der Waals surface area (Å²) in [5.41, 5.74) is -0.474. The number of fused-ring (bicyclic) bond motifs is 2. The van der Waals surface area contributed by atoms with Crippen LogP contribution in [0.25, 0.3) is 0 Å². The van der Waals surface area contributed by atoms with Crippen LogP contribution < -0.4 is 5.32 Å². The summed E-state index contributed by atoms with van der Waals surface area (Å²) in [6, 6.07) is 0.726. The molecule has 3 heterocycles. The van der Waals surface area contributed by atoms with Crippen molar-refractivity contribution in [3.63, 3.8) is 0 Å². The van der Waals surface area contributed by atoms with Gasteiger partial charge in [-0.05, 0) is 40.0 Å². The molecule has 0 aliphatic carbocycles. The van der Waals surface area contributed by atoms with Crippen molar-refractivity contribution in [3.8, 4) is 0 Å². The van der Waals surface area contributed by atoms with Crippen LogP contribution in [0.1, 0.15) is 46.5 Å². The molecule has 8 nitrogen and oxygen atoms in total. The second-order valence-electron chi connectivity index (χ2n) is 8.17. The monoisotopic (exact) mass is 340 g/mol. The molecule has 3 aliphatic heterocycles. The van der Waals surface area contributed by atoms with Gasteiger partial charge in [-0.2, -0.15) is 0 Å². The Morgan fingerprint density at radius 3 is 2.17 bits per heavy atom. The lowest BCUT2D eigenvalue weighted by Crippen LogP contribution is -2.61. The minimum absolute atomic E-state index is 0.201. The van der Waals surface area contributed by atoms with Gasteiger partial charge >= 0.3 is 6.09 Å². The molecule has 0 aromatic carbocycles. The Kier molecular flexibility index (Phi) is 4.70. The summed E-state index contributed by atoms with van der Waals surface area (Å²) in [6.45, 7) is 8.00. The van der Waals surface area contributed by atoms with Crippen molar-refractivity contribution in [3.05, 3.63) is 10.1 Å². The molecule has 3 saturated heterocycles. The Morgan fingerprint density at radius 1 is 1.12 bits per heavy atom. The first-order chi connectivity index (χ1) is 11.2. The van der Waals surface area contributed by atoms with E-state index in [2.05, 4.69) is 10.2 Å². The summed E-state index contributed by atoms with van der Waals surface area (Å²) in [6.07, 6.45) is 2.62. The molecule has 4 atom stereocenters. The van der Waals surface area contributed by atoms with Gasteiger partial charge in [0.15, 0.2) is 0 Å². The Balaban J connectivity index is 1.58. The molecule has 24 heavy (non-hydrogen) atoms. The number of likely N-dealkylation sites (tertiary alicyclic amines) is 1. The maximum Gasteiger partial charge on any atom is 0.410 e. The summed E-state index contributed by atoms with van der Waals surface area (Å²) in [5, 5.41) is 13.9. The average molecular weight is 340 g/mol. The molecule has 0 aromatic heterocycles. The number of ether oxygens (including phenoxy) is 1. The lowest BCUT2D eigenvalue weighted by molar-refractivity contribution is -0.532. The topological polar surface area (TPSA) is 88.0 Å². The first-order valence-corrected chi connectivity index (χ1v) is 8.87. The standard InChI is InChI=1S/C16H28N4O4/c1-16(2,3)24-15(21)19-12-4-5-13(19)10-18(9-12)11-6-7-14(17-8-11)20(22)23/h11-14,17H,4-10H2,1-3H3. The van der Waals surface area contributed by atoms with Crippen LogP contribution in [-0.4, -0.2) is 70.3 Å². The van der Waals surface area contributed by atoms with Crippen LogP contribution in [0.2, 0.25) is 0 Å². The number of rotatable bonds is 2. The minimum Gasteiger partial charge on any atom is -0.444 e. The lowest BCUT2D eigenvalue weighted by atomic mass is 10.0. The van der Waals surface area contributed by atoms with Crippen LogP contribution >= 0.6 is 0 Å². The number of amides is 1. The third-order valence-corrected chi connectivity index (χ3v) is 5.25. The number of hydrogen-bond acceptors (Lipinski definition) is 6. The van der Waals surface area contributed by atoms with Gasteiger partial charge in [-0.1, -0.05) is 0 Å². The van der Waals surface area contributed by atoms with E-state index in [1.165, 1.54) is 0 Å². The molecule has 3 fully saturated rings. The quantitative estimate of drug-likeness (QED) is 0.604. The van der Waals surface area contributed by atoms with E-state index >= 15 is 0 Å². The number of piperazine rings is 1. The zero-order chi connectivity index (χ0) is 17.5. The fourth-order valence-corrected chi connectivity index (χ4v) is 4.16. The predicted molar refractivity (Wildman–Crippen MR) is 88.3 cm³/mol. The molecular formula is C16H28N4O4. The van der Waals surface area contributed by atoms with Crippen LogP contribution in [0, 0.1) is 10.1 Å². The number of carbonyl (C=O) groups excluding carboxylic acids is 1. The highest BCUT2D eigenvalue weighted by Gasteiger charge is 2.46.